The number of hydrogen-bond donors (Lipinski definition) is 1. The SMILES string of the molecule is CC(Oc1ccc(Cl)cc1)C(=O)NN=Cc1cccc2ccccc12. The summed E-state index contributed by atoms with van der Waals surface area (Å²) in [6, 6.07) is 20.8. The molecular formula is C20H17ClN2O2. The number of hydrazone groups is 1. The van der Waals surface area contributed by atoms with E-state index < -0.39 is 6.10 Å². The summed E-state index contributed by atoms with van der Waals surface area (Å²) in [6.07, 6.45) is 0.959. The first-order chi connectivity index (χ1) is 12.1. The summed E-state index contributed by atoms with van der Waals surface area (Å²) in [5.41, 5.74) is 3.44. The van der Waals surface area contributed by atoms with Crippen molar-refractivity contribution >= 4 is 34.5 Å². The van der Waals surface area contributed by atoms with Gasteiger partial charge in [-0.3, -0.25) is 4.79 Å². The average Bonchev–Trinajstić information content (AvgIpc) is 2.63. The summed E-state index contributed by atoms with van der Waals surface area (Å²) in [4.78, 5) is 12.1. The number of carbonyl (C=O) groups excluding carboxylic acids is 1. The van der Waals surface area contributed by atoms with E-state index in [2.05, 4.69) is 10.5 Å². The Morgan fingerprint density at radius 2 is 1.80 bits per heavy atom. The molecule has 1 amide bonds. The highest BCUT2D eigenvalue weighted by atomic mass is 35.5. The highest BCUT2D eigenvalue weighted by molar-refractivity contribution is 6.30. The predicted molar refractivity (Wildman–Crippen MR) is 101 cm³/mol. The molecule has 3 aromatic carbocycles. The number of benzene rings is 3. The van der Waals surface area contributed by atoms with Crippen LogP contribution in [0.4, 0.5) is 0 Å². The normalized spacial score (nSPS) is 12.2. The van der Waals surface area contributed by atoms with Crippen LogP contribution in [0.1, 0.15) is 12.5 Å². The molecule has 5 heteroatoms. The van der Waals surface area contributed by atoms with Crippen molar-refractivity contribution in [1.29, 1.82) is 0 Å². The Bertz CT molecular complexity index is 902. The third-order valence-corrected chi connectivity index (χ3v) is 3.95. The van der Waals surface area contributed by atoms with Crippen molar-refractivity contribution in [1.82, 2.24) is 5.43 Å². The minimum Gasteiger partial charge on any atom is -0.481 e. The lowest BCUT2D eigenvalue weighted by Gasteiger charge is -2.12. The number of rotatable bonds is 5. The lowest BCUT2D eigenvalue weighted by Crippen LogP contribution is -2.33. The van der Waals surface area contributed by atoms with Crippen LogP contribution in [-0.2, 0) is 4.79 Å². The molecule has 0 spiro atoms. The molecule has 0 aromatic heterocycles. The van der Waals surface area contributed by atoms with E-state index in [4.69, 9.17) is 16.3 Å². The third-order valence-electron chi connectivity index (χ3n) is 3.70. The van der Waals surface area contributed by atoms with E-state index in [0.29, 0.717) is 10.8 Å². The molecule has 3 rings (SSSR count). The minimum absolute atomic E-state index is 0.327. The van der Waals surface area contributed by atoms with Crippen LogP contribution >= 0.6 is 11.6 Å². The first kappa shape index (κ1) is 17.0. The van der Waals surface area contributed by atoms with Gasteiger partial charge in [0, 0.05) is 10.6 Å². The topological polar surface area (TPSA) is 50.7 Å². The fraction of sp³-hybridized carbons (Fsp3) is 0.100. The van der Waals surface area contributed by atoms with E-state index >= 15 is 0 Å². The van der Waals surface area contributed by atoms with Crippen molar-refractivity contribution in [2.45, 2.75) is 13.0 Å². The van der Waals surface area contributed by atoms with Gasteiger partial charge in [0.1, 0.15) is 5.75 Å². The molecule has 0 aliphatic heterocycles. The summed E-state index contributed by atoms with van der Waals surface area (Å²) >= 11 is 5.82. The van der Waals surface area contributed by atoms with Crippen molar-refractivity contribution in [3.63, 3.8) is 0 Å². The van der Waals surface area contributed by atoms with E-state index in [1.807, 2.05) is 42.5 Å². The number of hydrogen-bond acceptors (Lipinski definition) is 3. The number of nitrogens with one attached hydrogen (secondary N) is 1. The summed E-state index contributed by atoms with van der Waals surface area (Å²) in [6.45, 7) is 1.66. The molecule has 0 radical (unpaired) electrons. The standard InChI is InChI=1S/C20H17ClN2O2/c1-14(25-18-11-9-17(21)10-12-18)20(24)23-22-13-16-7-4-6-15-5-2-3-8-19(15)16/h2-14H,1H3,(H,23,24). The molecule has 0 fully saturated rings. The molecule has 4 nitrogen and oxygen atoms in total. The van der Waals surface area contributed by atoms with Gasteiger partial charge in [-0.15, -0.1) is 0 Å². The molecule has 25 heavy (non-hydrogen) atoms. The van der Waals surface area contributed by atoms with Gasteiger partial charge in [-0.05, 0) is 42.0 Å². The van der Waals surface area contributed by atoms with E-state index in [9.17, 15) is 4.79 Å². The second kappa shape index (κ2) is 7.81. The molecule has 3 aromatic rings. The molecule has 0 saturated heterocycles. The zero-order valence-electron chi connectivity index (χ0n) is 13.6. The van der Waals surface area contributed by atoms with Crippen LogP contribution in [0.25, 0.3) is 10.8 Å². The largest absolute Gasteiger partial charge is 0.481 e. The smallest absolute Gasteiger partial charge is 0.280 e. The molecule has 0 saturated carbocycles. The number of ether oxygens (including phenoxy) is 1. The third kappa shape index (κ3) is 4.37. The molecule has 1 unspecified atom stereocenters. The Balaban J connectivity index is 1.62. The van der Waals surface area contributed by atoms with Crippen LogP contribution in [0, 0.1) is 0 Å². The highest BCUT2D eigenvalue weighted by Crippen LogP contribution is 2.17. The van der Waals surface area contributed by atoms with Gasteiger partial charge in [0.2, 0.25) is 0 Å². The van der Waals surface area contributed by atoms with Gasteiger partial charge < -0.3 is 4.74 Å². The van der Waals surface area contributed by atoms with Crippen LogP contribution in [0.5, 0.6) is 5.75 Å². The predicted octanol–water partition coefficient (Wildman–Crippen LogP) is 4.41. The van der Waals surface area contributed by atoms with E-state index in [0.717, 1.165) is 16.3 Å². The van der Waals surface area contributed by atoms with Gasteiger partial charge in [-0.2, -0.15) is 5.10 Å². The van der Waals surface area contributed by atoms with Gasteiger partial charge in [-0.1, -0.05) is 54.1 Å². The molecule has 1 atom stereocenters. The van der Waals surface area contributed by atoms with Crippen molar-refractivity contribution in [3.05, 3.63) is 77.3 Å². The first-order valence-corrected chi connectivity index (χ1v) is 8.24. The van der Waals surface area contributed by atoms with Crippen LogP contribution < -0.4 is 10.2 Å². The Morgan fingerprint density at radius 3 is 2.60 bits per heavy atom. The fourth-order valence-electron chi connectivity index (χ4n) is 2.39. The molecular weight excluding hydrogens is 336 g/mol. The Hall–Kier alpha value is -2.85. The maximum atomic E-state index is 12.1. The van der Waals surface area contributed by atoms with Gasteiger partial charge in [-0.25, -0.2) is 5.43 Å². The number of nitrogens with zero attached hydrogens (tertiary/aromatic N) is 1. The second-order valence-corrected chi connectivity index (χ2v) is 5.95. The zero-order valence-corrected chi connectivity index (χ0v) is 14.4. The summed E-state index contributed by atoms with van der Waals surface area (Å²) in [7, 11) is 0. The first-order valence-electron chi connectivity index (χ1n) is 7.86. The minimum atomic E-state index is -0.675. The maximum absolute atomic E-state index is 12.1. The molecule has 126 valence electrons. The molecule has 0 aliphatic carbocycles. The van der Waals surface area contributed by atoms with Gasteiger partial charge in [0.25, 0.3) is 5.91 Å². The molecule has 0 bridgehead atoms. The number of fused-ring (bicyclic) bond motifs is 1. The van der Waals surface area contributed by atoms with Crippen molar-refractivity contribution in [2.75, 3.05) is 0 Å². The maximum Gasteiger partial charge on any atom is 0.280 e. The van der Waals surface area contributed by atoms with Gasteiger partial charge in [0.05, 0.1) is 6.21 Å². The van der Waals surface area contributed by atoms with Crippen LogP contribution in [0.15, 0.2) is 71.8 Å². The van der Waals surface area contributed by atoms with Gasteiger partial charge in [0.15, 0.2) is 6.10 Å². The van der Waals surface area contributed by atoms with Crippen LogP contribution in [0.2, 0.25) is 5.02 Å². The number of halogens is 1. The summed E-state index contributed by atoms with van der Waals surface area (Å²) < 4.78 is 5.56. The molecule has 0 heterocycles. The van der Waals surface area contributed by atoms with E-state index in [1.54, 1.807) is 37.4 Å². The quantitative estimate of drug-likeness (QED) is 0.546. The average molecular weight is 353 g/mol. The Morgan fingerprint density at radius 1 is 1.08 bits per heavy atom. The Labute approximate surface area is 151 Å². The summed E-state index contributed by atoms with van der Waals surface area (Å²) in [5.74, 6) is 0.247. The molecule has 1 N–H and O–H groups in total. The fourth-order valence-corrected chi connectivity index (χ4v) is 2.52. The second-order valence-electron chi connectivity index (χ2n) is 5.52. The lowest BCUT2D eigenvalue weighted by molar-refractivity contribution is -0.127. The number of amides is 1. The number of carbonyl (C=O) groups is 1. The van der Waals surface area contributed by atoms with Crippen molar-refractivity contribution < 1.29 is 9.53 Å². The lowest BCUT2D eigenvalue weighted by atomic mass is 10.1. The van der Waals surface area contributed by atoms with Gasteiger partial charge >= 0.3 is 0 Å². The molecule has 0 aliphatic rings. The highest BCUT2D eigenvalue weighted by Gasteiger charge is 2.13. The Kier molecular flexibility index (Phi) is 5.31. The monoisotopic (exact) mass is 352 g/mol. The van der Waals surface area contributed by atoms with E-state index in [-0.39, 0.29) is 5.91 Å². The van der Waals surface area contributed by atoms with Crippen LogP contribution in [-0.4, -0.2) is 18.2 Å². The van der Waals surface area contributed by atoms with Crippen LogP contribution in [0.3, 0.4) is 0 Å². The van der Waals surface area contributed by atoms with Crippen molar-refractivity contribution in [2.24, 2.45) is 5.10 Å². The summed E-state index contributed by atoms with van der Waals surface area (Å²) in [5, 5.41) is 6.86. The van der Waals surface area contributed by atoms with Crippen molar-refractivity contribution in [3.8, 4) is 5.75 Å². The zero-order chi connectivity index (χ0) is 17.6. The van der Waals surface area contributed by atoms with E-state index in [1.165, 1.54) is 0 Å².